The molecule has 1 aliphatic heterocycles. The van der Waals surface area contributed by atoms with Crippen molar-refractivity contribution in [3.8, 4) is 0 Å². The third kappa shape index (κ3) is 3.97. The van der Waals surface area contributed by atoms with Crippen LogP contribution in [0.1, 0.15) is 33.1 Å². The highest BCUT2D eigenvalue weighted by Gasteiger charge is 2.42. The highest BCUT2D eigenvalue weighted by atomic mass is 16.1. The van der Waals surface area contributed by atoms with Crippen LogP contribution in [-0.2, 0) is 6.54 Å². The first-order chi connectivity index (χ1) is 15.8. The van der Waals surface area contributed by atoms with Crippen molar-refractivity contribution in [2.24, 2.45) is 4.99 Å². The monoisotopic (exact) mass is 416 g/mol. The van der Waals surface area contributed by atoms with Crippen LogP contribution in [0.4, 0.5) is 0 Å². The summed E-state index contributed by atoms with van der Waals surface area (Å²) in [5.41, 5.74) is 3.93. The molecule has 0 aromatic heterocycles. The molecule has 0 fully saturated rings. The van der Waals surface area contributed by atoms with Gasteiger partial charge in [0.15, 0.2) is 5.78 Å². The summed E-state index contributed by atoms with van der Waals surface area (Å²) in [7, 11) is 0. The van der Waals surface area contributed by atoms with Crippen molar-refractivity contribution in [1.82, 2.24) is 4.90 Å². The lowest BCUT2D eigenvalue weighted by Crippen LogP contribution is -2.43. The van der Waals surface area contributed by atoms with Gasteiger partial charge in [-0.3, -0.25) is 9.79 Å². The molecule has 0 spiro atoms. The van der Waals surface area contributed by atoms with Gasteiger partial charge < -0.3 is 4.90 Å². The zero-order valence-corrected chi connectivity index (χ0v) is 17.7. The number of Topliss-reactive ketones (excluding diaryl/α,β-unsaturated/α-hetero) is 1. The molecule has 0 saturated heterocycles. The first-order valence-electron chi connectivity index (χ1n) is 10.9. The van der Waals surface area contributed by atoms with Gasteiger partial charge in [-0.05, 0) is 11.1 Å². The molecule has 4 aromatic carbocycles. The van der Waals surface area contributed by atoms with Gasteiger partial charge in [0, 0.05) is 17.7 Å². The van der Waals surface area contributed by atoms with Crippen LogP contribution < -0.4 is 0 Å². The number of rotatable bonds is 6. The summed E-state index contributed by atoms with van der Waals surface area (Å²) in [5.74, 6) is 0.947. The van der Waals surface area contributed by atoms with E-state index in [0.29, 0.717) is 12.1 Å². The van der Waals surface area contributed by atoms with E-state index in [1.165, 1.54) is 0 Å². The maximum absolute atomic E-state index is 13.9. The largest absolute Gasteiger partial charge is 0.339 e. The molecule has 0 radical (unpaired) electrons. The van der Waals surface area contributed by atoms with E-state index in [0.717, 1.165) is 22.5 Å². The average Bonchev–Trinajstić information content (AvgIpc) is 3.25. The molecule has 3 heteroatoms. The number of nitrogens with zero attached hydrogens (tertiary/aromatic N) is 2. The average molecular weight is 417 g/mol. The van der Waals surface area contributed by atoms with E-state index in [1.54, 1.807) is 0 Å². The van der Waals surface area contributed by atoms with Gasteiger partial charge in [0.05, 0.1) is 0 Å². The molecule has 32 heavy (non-hydrogen) atoms. The van der Waals surface area contributed by atoms with Gasteiger partial charge in [0.25, 0.3) is 0 Å². The summed E-state index contributed by atoms with van der Waals surface area (Å²) in [6, 6.07) is 39.5. The fraction of sp³-hybridized carbons (Fsp3) is 0.103. The van der Waals surface area contributed by atoms with Gasteiger partial charge in [-0.15, -0.1) is 0 Å². The Morgan fingerprint density at radius 2 is 1.22 bits per heavy atom. The van der Waals surface area contributed by atoms with Crippen molar-refractivity contribution in [3.05, 3.63) is 144 Å². The van der Waals surface area contributed by atoms with Crippen molar-refractivity contribution in [1.29, 1.82) is 0 Å². The van der Waals surface area contributed by atoms with Crippen LogP contribution in [0.25, 0.3) is 0 Å². The van der Waals surface area contributed by atoms with E-state index in [2.05, 4.69) is 41.3 Å². The first-order valence-corrected chi connectivity index (χ1v) is 10.9. The number of ketones is 1. The molecular formula is C29H24N2O. The highest BCUT2D eigenvalue weighted by Crippen LogP contribution is 2.36. The zero-order valence-electron chi connectivity index (χ0n) is 17.7. The molecule has 4 aromatic rings. The van der Waals surface area contributed by atoms with E-state index >= 15 is 0 Å². The molecular weight excluding hydrogens is 392 g/mol. The molecule has 0 aliphatic carbocycles. The maximum atomic E-state index is 13.9. The van der Waals surface area contributed by atoms with Crippen LogP contribution in [0.5, 0.6) is 0 Å². The summed E-state index contributed by atoms with van der Waals surface area (Å²) in [4.78, 5) is 21.2. The summed E-state index contributed by atoms with van der Waals surface area (Å²) >= 11 is 0. The van der Waals surface area contributed by atoms with Crippen LogP contribution in [0.3, 0.4) is 0 Å². The van der Waals surface area contributed by atoms with E-state index < -0.39 is 6.04 Å². The molecule has 0 N–H and O–H groups in total. The van der Waals surface area contributed by atoms with Gasteiger partial charge in [-0.2, -0.15) is 0 Å². The van der Waals surface area contributed by atoms with Crippen molar-refractivity contribution in [3.63, 3.8) is 0 Å². The van der Waals surface area contributed by atoms with Crippen molar-refractivity contribution < 1.29 is 4.79 Å². The summed E-state index contributed by atoms with van der Waals surface area (Å²) in [6.45, 7) is 0.612. The summed E-state index contributed by atoms with van der Waals surface area (Å²) in [5, 5.41) is 0. The van der Waals surface area contributed by atoms with E-state index in [9.17, 15) is 4.79 Å². The number of amidine groups is 1. The molecule has 2 atom stereocenters. The number of carbonyl (C=O) groups excluding carboxylic acids is 1. The lowest BCUT2D eigenvalue weighted by Gasteiger charge is -2.30. The summed E-state index contributed by atoms with van der Waals surface area (Å²) in [6.07, 6.45) is 0. The van der Waals surface area contributed by atoms with Crippen LogP contribution >= 0.6 is 0 Å². The third-order valence-electron chi connectivity index (χ3n) is 5.86. The number of hydrogen-bond donors (Lipinski definition) is 0. The fourth-order valence-corrected chi connectivity index (χ4v) is 4.32. The normalized spacial score (nSPS) is 17.8. The molecule has 1 heterocycles. The SMILES string of the molecule is O=C(c1ccccc1)C1C(c2ccccc2)N=C(c2ccccc2)N1Cc1ccccc1. The lowest BCUT2D eigenvalue weighted by atomic mass is 9.92. The van der Waals surface area contributed by atoms with Crippen LogP contribution in [0.15, 0.2) is 126 Å². The van der Waals surface area contributed by atoms with Gasteiger partial charge in [-0.1, -0.05) is 121 Å². The van der Waals surface area contributed by atoms with Crippen molar-refractivity contribution in [2.45, 2.75) is 18.6 Å². The smallest absolute Gasteiger partial charge is 0.187 e. The van der Waals surface area contributed by atoms with Crippen LogP contribution in [0.2, 0.25) is 0 Å². The number of aliphatic imine (C=N–C) groups is 1. The van der Waals surface area contributed by atoms with Crippen molar-refractivity contribution in [2.75, 3.05) is 0 Å². The topological polar surface area (TPSA) is 32.7 Å². The Hall–Kier alpha value is -3.98. The van der Waals surface area contributed by atoms with Crippen LogP contribution in [0, 0.1) is 0 Å². The van der Waals surface area contributed by atoms with E-state index in [4.69, 9.17) is 4.99 Å². The second-order valence-electron chi connectivity index (χ2n) is 7.96. The van der Waals surface area contributed by atoms with Crippen molar-refractivity contribution >= 4 is 11.6 Å². The zero-order chi connectivity index (χ0) is 21.8. The number of benzene rings is 4. The Morgan fingerprint density at radius 1 is 0.688 bits per heavy atom. The molecule has 2 unspecified atom stereocenters. The molecule has 156 valence electrons. The minimum atomic E-state index is -0.421. The lowest BCUT2D eigenvalue weighted by molar-refractivity contribution is 0.0877. The van der Waals surface area contributed by atoms with Crippen LogP contribution in [-0.4, -0.2) is 22.6 Å². The summed E-state index contributed by atoms with van der Waals surface area (Å²) < 4.78 is 0. The standard InChI is InChI=1S/C29H24N2O/c32-28(24-17-9-3-10-18-24)27-26(23-15-7-2-8-16-23)30-29(25-19-11-4-12-20-25)31(27)21-22-13-5-1-6-14-22/h1-20,26-27H,21H2. The Morgan fingerprint density at radius 3 is 1.84 bits per heavy atom. The van der Waals surface area contributed by atoms with Gasteiger partial charge in [-0.25, -0.2) is 0 Å². The van der Waals surface area contributed by atoms with Gasteiger partial charge >= 0.3 is 0 Å². The molecule has 0 bridgehead atoms. The minimum absolute atomic E-state index is 0.0880. The number of carbonyl (C=O) groups is 1. The molecule has 1 aliphatic rings. The number of hydrogen-bond acceptors (Lipinski definition) is 3. The predicted molar refractivity (Wildman–Crippen MR) is 129 cm³/mol. The van der Waals surface area contributed by atoms with E-state index in [1.807, 2.05) is 84.9 Å². The van der Waals surface area contributed by atoms with Gasteiger partial charge in [0.1, 0.15) is 17.9 Å². The second-order valence-corrected chi connectivity index (χ2v) is 7.96. The highest BCUT2D eigenvalue weighted by molar-refractivity contribution is 6.08. The Bertz CT molecular complexity index is 1210. The minimum Gasteiger partial charge on any atom is -0.339 e. The molecule has 0 saturated carbocycles. The third-order valence-corrected chi connectivity index (χ3v) is 5.86. The van der Waals surface area contributed by atoms with E-state index in [-0.39, 0.29) is 11.8 Å². The van der Waals surface area contributed by atoms with Gasteiger partial charge in [0.2, 0.25) is 0 Å². The quantitative estimate of drug-likeness (QED) is 0.364. The second kappa shape index (κ2) is 9.03. The molecule has 5 rings (SSSR count). The predicted octanol–water partition coefficient (Wildman–Crippen LogP) is 5.94. The molecule has 0 amide bonds. The Kier molecular flexibility index (Phi) is 5.63. The Balaban J connectivity index is 1.64. The molecule has 3 nitrogen and oxygen atoms in total. The Labute approximate surface area is 188 Å². The first kappa shape index (κ1) is 20.0. The fourth-order valence-electron chi connectivity index (χ4n) is 4.32. The maximum Gasteiger partial charge on any atom is 0.187 e.